The van der Waals surface area contributed by atoms with Gasteiger partial charge in [0.2, 0.25) is 5.88 Å². The van der Waals surface area contributed by atoms with Crippen LogP contribution in [0.5, 0.6) is 5.88 Å². The summed E-state index contributed by atoms with van der Waals surface area (Å²) in [6.07, 6.45) is 6.69. The van der Waals surface area contributed by atoms with Crippen molar-refractivity contribution in [3.63, 3.8) is 0 Å². The lowest BCUT2D eigenvalue weighted by Gasteiger charge is -2.43. The van der Waals surface area contributed by atoms with Gasteiger partial charge in [-0.2, -0.15) is 0 Å². The highest BCUT2D eigenvalue weighted by Gasteiger charge is 2.53. The molecule has 3 atom stereocenters. The van der Waals surface area contributed by atoms with E-state index < -0.39 is 0 Å². The van der Waals surface area contributed by atoms with Gasteiger partial charge in [0.1, 0.15) is 11.9 Å². The number of amides is 1. The van der Waals surface area contributed by atoms with Gasteiger partial charge in [0.15, 0.2) is 0 Å². The Balaban J connectivity index is 1.55. The summed E-state index contributed by atoms with van der Waals surface area (Å²) in [6.45, 7) is 2.51. The molecule has 138 valence electrons. The summed E-state index contributed by atoms with van der Waals surface area (Å²) in [5.74, 6) is 1.30. The zero-order valence-corrected chi connectivity index (χ0v) is 15.2. The van der Waals surface area contributed by atoms with Crippen molar-refractivity contribution < 1.29 is 18.7 Å². The van der Waals surface area contributed by atoms with Gasteiger partial charge in [0, 0.05) is 32.3 Å². The summed E-state index contributed by atoms with van der Waals surface area (Å²) in [4.78, 5) is 19.3. The average molecular weight is 356 g/mol. The van der Waals surface area contributed by atoms with Crippen molar-refractivity contribution in [1.29, 1.82) is 0 Å². The van der Waals surface area contributed by atoms with Crippen LogP contribution >= 0.6 is 0 Å². The third kappa shape index (κ3) is 2.88. The number of aryl methyl sites for hydroxylation is 1. The lowest BCUT2D eigenvalue weighted by atomic mass is 9.79. The second-order valence-corrected chi connectivity index (χ2v) is 7.11. The van der Waals surface area contributed by atoms with E-state index in [9.17, 15) is 4.79 Å². The molecule has 6 nitrogen and oxygen atoms in total. The van der Waals surface area contributed by atoms with Crippen LogP contribution in [0, 0.1) is 6.92 Å². The largest absolute Gasteiger partial charge is 0.474 e. The normalized spacial score (nSPS) is 28.0. The molecule has 4 rings (SSSR count). The summed E-state index contributed by atoms with van der Waals surface area (Å²) in [5, 5.41) is 0. The second-order valence-electron chi connectivity index (χ2n) is 7.11. The fourth-order valence-corrected chi connectivity index (χ4v) is 4.36. The van der Waals surface area contributed by atoms with Gasteiger partial charge in [-0.15, -0.1) is 0 Å². The van der Waals surface area contributed by atoms with Gasteiger partial charge in [-0.25, -0.2) is 4.98 Å². The predicted molar refractivity (Wildman–Crippen MR) is 95.1 cm³/mol. The third-order valence-electron chi connectivity index (χ3n) is 5.82. The Morgan fingerprint density at radius 2 is 2.23 bits per heavy atom. The quantitative estimate of drug-likeness (QED) is 0.842. The zero-order chi connectivity index (χ0) is 18.1. The number of hydrogen-bond acceptors (Lipinski definition) is 5. The van der Waals surface area contributed by atoms with E-state index in [0.29, 0.717) is 23.7 Å². The third-order valence-corrected chi connectivity index (χ3v) is 5.82. The van der Waals surface area contributed by atoms with Crippen molar-refractivity contribution in [3.8, 4) is 5.88 Å². The first-order chi connectivity index (χ1) is 12.6. The average Bonchev–Trinajstić information content (AvgIpc) is 3.26. The zero-order valence-electron chi connectivity index (χ0n) is 15.2. The van der Waals surface area contributed by atoms with Crippen molar-refractivity contribution in [2.45, 2.75) is 50.4 Å². The minimum atomic E-state index is -0.280. The maximum absolute atomic E-state index is 13.1. The molecule has 0 unspecified atom stereocenters. The van der Waals surface area contributed by atoms with Crippen LogP contribution in [0.1, 0.15) is 41.8 Å². The fourth-order valence-electron chi connectivity index (χ4n) is 4.36. The highest BCUT2D eigenvalue weighted by Crippen LogP contribution is 2.43. The second kappa shape index (κ2) is 6.76. The van der Waals surface area contributed by atoms with Crippen molar-refractivity contribution in [2.24, 2.45) is 0 Å². The minimum Gasteiger partial charge on any atom is -0.474 e. The Morgan fingerprint density at radius 1 is 1.35 bits per heavy atom. The standard InChI is InChI=1S/C20H24N2O4/c1-14-16(7-12-25-14)19(23)22-11-9-20(24-2)8-6-15(13-17(20)22)26-18-5-3-4-10-21-18/h3-5,7,10,12,15,17H,6,8-9,11,13H2,1-2H3/t15-,17-,20+/m0/s1. The molecule has 2 aromatic rings. The van der Waals surface area contributed by atoms with Gasteiger partial charge >= 0.3 is 0 Å². The molecular formula is C20H24N2O4. The molecular weight excluding hydrogens is 332 g/mol. The summed E-state index contributed by atoms with van der Waals surface area (Å²) in [5.41, 5.74) is 0.349. The molecule has 2 fully saturated rings. The smallest absolute Gasteiger partial charge is 0.257 e. The van der Waals surface area contributed by atoms with Gasteiger partial charge < -0.3 is 18.8 Å². The lowest BCUT2D eigenvalue weighted by Crippen LogP contribution is -2.53. The van der Waals surface area contributed by atoms with Crippen LogP contribution in [-0.2, 0) is 4.74 Å². The number of ether oxygens (including phenoxy) is 2. The highest BCUT2D eigenvalue weighted by atomic mass is 16.5. The van der Waals surface area contributed by atoms with E-state index in [4.69, 9.17) is 13.9 Å². The SMILES string of the molecule is CO[C@@]12CC[C@H](Oc3ccccn3)C[C@@H]1N(C(=O)c1ccoc1C)CC2. The lowest BCUT2D eigenvalue weighted by molar-refractivity contribution is -0.0788. The van der Waals surface area contributed by atoms with E-state index in [1.54, 1.807) is 25.6 Å². The Bertz CT molecular complexity index is 775. The predicted octanol–water partition coefficient (Wildman–Crippen LogP) is 3.21. The first-order valence-electron chi connectivity index (χ1n) is 9.11. The Labute approximate surface area is 153 Å². The molecule has 0 aromatic carbocycles. The number of carbonyl (C=O) groups excluding carboxylic acids is 1. The number of rotatable bonds is 4. The molecule has 6 heteroatoms. The van der Waals surface area contributed by atoms with Crippen molar-refractivity contribution in [2.75, 3.05) is 13.7 Å². The summed E-state index contributed by atoms with van der Waals surface area (Å²) < 4.78 is 17.3. The number of nitrogens with zero attached hydrogens (tertiary/aromatic N) is 2. The van der Waals surface area contributed by atoms with Gasteiger partial charge in [-0.05, 0) is 38.3 Å². The monoisotopic (exact) mass is 356 g/mol. The molecule has 1 saturated carbocycles. The number of carbonyl (C=O) groups is 1. The number of methoxy groups -OCH3 is 1. The van der Waals surface area contributed by atoms with Crippen molar-refractivity contribution >= 4 is 5.91 Å². The first-order valence-corrected chi connectivity index (χ1v) is 9.11. The van der Waals surface area contributed by atoms with Gasteiger partial charge in [0.05, 0.1) is 23.5 Å². The molecule has 1 aliphatic heterocycles. The van der Waals surface area contributed by atoms with Crippen LogP contribution < -0.4 is 4.74 Å². The maximum Gasteiger partial charge on any atom is 0.257 e. The topological polar surface area (TPSA) is 64.8 Å². The number of fused-ring (bicyclic) bond motifs is 1. The fraction of sp³-hybridized carbons (Fsp3) is 0.500. The number of furan rings is 1. The molecule has 2 aliphatic rings. The Hall–Kier alpha value is -2.34. The Morgan fingerprint density at radius 3 is 2.92 bits per heavy atom. The van der Waals surface area contributed by atoms with Crippen LogP contribution in [0.4, 0.5) is 0 Å². The van der Waals surface area contributed by atoms with Crippen LogP contribution in [0.15, 0.2) is 41.1 Å². The number of aromatic nitrogens is 1. The number of pyridine rings is 1. The van der Waals surface area contributed by atoms with Gasteiger partial charge in [-0.3, -0.25) is 4.79 Å². The molecule has 3 heterocycles. The molecule has 0 N–H and O–H groups in total. The molecule has 26 heavy (non-hydrogen) atoms. The summed E-state index contributed by atoms with van der Waals surface area (Å²) in [7, 11) is 1.75. The molecule has 2 aromatic heterocycles. The van der Waals surface area contributed by atoms with Crippen LogP contribution in [0.3, 0.4) is 0 Å². The van der Waals surface area contributed by atoms with E-state index in [0.717, 1.165) is 25.7 Å². The summed E-state index contributed by atoms with van der Waals surface area (Å²) >= 11 is 0. The molecule has 0 radical (unpaired) electrons. The maximum atomic E-state index is 13.1. The molecule has 1 amide bonds. The van der Waals surface area contributed by atoms with Gasteiger partial charge in [-0.1, -0.05) is 6.07 Å². The van der Waals surface area contributed by atoms with Crippen molar-refractivity contribution in [1.82, 2.24) is 9.88 Å². The van der Waals surface area contributed by atoms with E-state index >= 15 is 0 Å². The van der Waals surface area contributed by atoms with E-state index in [1.807, 2.05) is 30.0 Å². The van der Waals surface area contributed by atoms with Crippen LogP contribution in [-0.4, -0.2) is 47.2 Å². The first kappa shape index (κ1) is 17.1. The molecule has 1 saturated heterocycles. The Kier molecular flexibility index (Phi) is 4.44. The minimum absolute atomic E-state index is 0.00300. The van der Waals surface area contributed by atoms with Crippen LogP contribution in [0.25, 0.3) is 0 Å². The van der Waals surface area contributed by atoms with Gasteiger partial charge in [0.25, 0.3) is 5.91 Å². The number of hydrogen-bond donors (Lipinski definition) is 0. The van der Waals surface area contributed by atoms with Crippen LogP contribution in [0.2, 0.25) is 0 Å². The highest BCUT2D eigenvalue weighted by molar-refractivity contribution is 5.95. The number of likely N-dealkylation sites (tertiary alicyclic amines) is 1. The van der Waals surface area contributed by atoms with E-state index in [-0.39, 0.29) is 23.7 Å². The molecule has 0 bridgehead atoms. The molecule has 0 spiro atoms. The van der Waals surface area contributed by atoms with E-state index in [1.165, 1.54) is 0 Å². The van der Waals surface area contributed by atoms with E-state index in [2.05, 4.69) is 4.98 Å². The summed E-state index contributed by atoms with van der Waals surface area (Å²) in [6, 6.07) is 7.39. The molecule has 1 aliphatic carbocycles. The van der Waals surface area contributed by atoms with Crippen molar-refractivity contribution in [3.05, 3.63) is 48.0 Å².